The van der Waals surface area contributed by atoms with E-state index in [0.29, 0.717) is 0 Å². The van der Waals surface area contributed by atoms with E-state index >= 15 is 0 Å². The fraction of sp³-hybridized carbons (Fsp3) is 0.231. The van der Waals surface area contributed by atoms with E-state index in [1.807, 2.05) is 30.3 Å². The second kappa shape index (κ2) is 4.14. The van der Waals surface area contributed by atoms with Gasteiger partial charge in [0.1, 0.15) is 11.9 Å². The Morgan fingerprint density at radius 2 is 2.00 bits per heavy atom. The zero-order chi connectivity index (χ0) is 9.80. The van der Waals surface area contributed by atoms with Crippen LogP contribution < -0.4 is 4.74 Å². The average molecular weight is 186 g/mol. The molecule has 1 heteroatoms. The van der Waals surface area contributed by atoms with Gasteiger partial charge in [0, 0.05) is 6.42 Å². The normalized spacial score (nSPS) is 20.4. The second-order valence-corrected chi connectivity index (χ2v) is 3.57. The van der Waals surface area contributed by atoms with E-state index in [1.54, 1.807) is 0 Å². The molecule has 1 unspecified atom stereocenters. The van der Waals surface area contributed by atoms with Gasteiger partial charge in [0.15, 0.2) is 0 Å². The van der Waals surface area contributed by atoms with Crippen LogP contribution in [0.3, 0.4) is 0 Å². The molecule has 0 amide bonds. The van der Waals surface area contributed by atoms with Gasteiger partial charge in [0.2, 0.25) is 0 Å². The Morgan fingerprint density at radius 1 is 1.21 bits per heavy atom. The van der Waals surface area contributed by atoms with Crippen molar-refractivity contribution in [3.05, 3.63) is 54.1 Å². The highest BCUT2D eigenvalue weighted by Crippen LogP contribution is 2.18. The van der Waals surface area contributed by atoms with Gasteiger partial charge >= 0.3 is 0 Å². The van der Waals surface area contributed by atoms with Gasteiger partial charge in [-0.3, -0.25) is 0 Å². The van der Waals surface area contributed by atoms with Crippen molar-refractivity contribution in [3.63, 3.8) is 0 Å². The number of para-hydroxylation sites is 1. The number of rotatable bonds is 2. The summed E-state index contributed by atoms with van der Waals surface area (Å²) >= 11 is 0. The molecule has 0 aliphatic heterocycles. The summed E-state index contributed by atoms with van der Waals surface area (Å²) in [7, 11) is 0. The Labute approximate surface area is 84.7 Å². The lowest BCUT2D eigenvalue weighted by atomic mass is 10.0. The fourth-order valence-electron chi connectivity index (χ4n) is 1.55. The van der Waals surface area contributed by atoms with Crippen LogP contribution in [0.15, 0.2) is 54.1 Å². The SMILES string of the molecule is CC1=CC=CC(Oc2ccccc2)C1. The first-order valence-corrected chi connectivity index (χ1v) is 4.90. The summed E-state index contributed by atoms with van der Waals surface area (Å²) in [5.74, 6) is 0.942. The van der Waals surface area contributed by atoms with Crippen molar-refractivity contribution >= 4 is 0 Å². The zero-order valence-corrected chi connectivity index (χ0v) is 8.31. The number of hydrogen-bond donors (Lipinski definition) is 0. The first-order chi connectivity index (χ1) is 6.84. The van der Waals surface area contributed by atoms with Gasteiger partial charge in [-0.25, -0.2) is 0 Å². The van der Waals surface area contributed by atoms with E-state index in [1.165, 1.54) is 5.57 Å². The van der Waals surface area contributed by atoms with E-state index in [4.69, 9.17) is 4.74 Å². The third kappa shape index (κ3) is 2.25. The summed E-state index contributed by atoms with van der Waals surface area (Å²) < 4.78 is 5.80. The van der Waals surface area contributed by atoms with Crippen LogP contribution in [0.4, 0.5) is 0 Å². The van der Waals surface area contributed by atoms with Crippen LogP contribution in [-0.2, 0) is 0 Å². The molecule has 0 N–H and O–H groups in total. The van der Waals surface area contributed by atoms with Gasteiger partial charge in [0.05, 0.1) is 0 Å². The minimum atomic E-state index is 0.197. The van der Waals surface area contributed by atoms with Crippen LogP contribution in [0.5, 0.6) is 5.75 Å². The van der Waals surface area contributed by atoms with Crippen LogP contribution in [-0.4, -0.2) is 6.10 Å². The molecule has 0 aromatic heterocycles. The fourth-order valence-corrected chi connectivity index (χ4v) is 1.55. The summed E-state index contributed by atoms with van der Waals surface area (Å²) in [6.45, 7) is 2.13. The smallest absolute Gasteiger partial charge is 0.121 e. The van der Waals surface area contributed by atoms with Crippen LogP contribution in [0.2, 0.25) is 0 Å². The van der Waals surface area contributed by atoms with E-state index in [0.717, 1.165) is 12.2 Å². The maximum absolute atomic E-state index is 5.80. The molecular formula is C13H14O. The van der Waals surface area contributed by atoms with Crippen molar-refractivity contribution in [1.82, 2.24) is 0 Å². The second-order valence-electron chi connectivity index (χ2n) is 3.57. The number of benzene rings is 1. The molecule has 0 spiro atoms. The molecule has 0 saturated carbocycles. The molecule has 72 valence electrons. The molecule has 1 atom stereocenters. The molecule has 0 heterocycles. The van der Waals surface area contributed by atoms with Crippen molar-refractivity contribution in [2.75, 3.05) is 0 Å². The summed E-state index contributed by atoms with van der Waals surface area (Å²) in [6, 6.07) is 9.95. The maximum Gasteiger partial charge on any atom is 0.121 e. The molecule has 1 aromatic carbocycles. The molecule has 1 aromatic rings. The molecule has 1 aliphatic carbocycles. The number of hydrogen-bond acceptors (Lipinski definition) is 1. The summed E-state index contributed by atoms with van der Waals surface area (Å²) in [4.78, 5) is 0. The van der Waals surface area contributed by atoms with Crippen molar-refractivity contribution in [3.8, 4) is 5.75 Å². The van der Waals surface area contributed by atoms with Crippen LogP contribution >= 0.6 is 0 Å². The molecule has 0 radical (unpaired) electrons. The van der Waals surface area contributed by atoms with Gasteiger partial charge in [0.25, 0.3) is 0 Å². The minimum absolute atomic E-state index is 0.197. The molecule has 2 rings (SSSR count). The highest BCUT2D eigenvalue weighted by molar-refractivity contribution is 5.25. The number of ether oxygens (including phenoxy) is 1. The topological polar surface area (TPSA) is 9.23 Å². The van der Waals surface area contributed by atoms with Gasteiger partial charge in [-0.15, -0.1) is 0 Å². The van der Waals surface area contributed by atoms with Crippen LogP contribution in [0, 0.1) is 0 Å². The van der Waals surface area contributed by atoms with Crippen LogP contribution in [0.25, 0.3) is 0 Å². The van der Waals surface area contributed by atoms with Crippen molar-refractivity contribution in [2.24, 2.45) is 0 Å². The minimum Gasteiger partial charge on any atom is -0.486 e. The van der Waals surface area contributed by atoms with Crippen molar-refractivity contribution in [1.29, 1.82) is 0 Å². The van der Waals surface area contributed by atoms with E-state index in [2.05, 4.69) is 25.2 Å². The summed E-state index contributed by atoms with van der Waals surface area (Å²) in [5.41, 5.74) is 1.37. The Hall–Kier alpha value is -1.50. The zero-order valence-electron chi connectivity index (χ0n) is 8.31. The lowest BCUT2D eigenvalue weighted by Crippen LogP contribution is -2.15. The third-order valence-corrected chi connectivity index (χ3v) is 2.26. The molecule has 0 bridgehead atoms. The molecule has 1 aliphatic rings. The van der Waals surface area contributed by atoms with Gasteiger partial charge in [-0.1, -0.05) is 35.9 Å². The Bertz CT molecular complexity index is 349. The van der Waals surface area contributed by atoms with Crippen molar-refractivity contribution < 1.29 is 4.74 Å². The summed E-state index contributed by atoms with van der Waals surface area (Å²) in [6.07, 6.45) is 7.48. The Kier molecular flexibility index (Phi) is 2.68. The maximum atomic E-state index is 5.80. The van der Waals surface area contributed by atoms with Gasteiger partial charge < -0.3 is 4.74 Å². The van der Waals surface area contributed by atoms with Gasteiger partial charge in [-0.2, -0.15) is 0 Å². The molecule has 0 fully saturated rings. The van der Waals surface area contributed by atoms with Crippen LogP contribution in [0.1, 0.15) is 13.3 Å². The summed E-state index contributed by atoms with van der Waals surface area (Å²) in [5, 5.41) is 0. The predicted molar refractivity (Wildman–Crippen MR) is 58.4 cm³/mol. The molecule has 14 heavy (non-hydrogen) atoms. The Balaban J connectivity index is 2.00. The molecular weight excluding hydrogens is 172 g/mol. The highest BCUT2D eigenvalue weighted by Gasteiger charge is 2.09. The predicted octanol–water partition coefficient (Wildman–Crippen LogP) is 3.34. The van der Waals surface area contributed by atoms with E-state index in [9.17, 15) is 0 Å². The monoisotopic (exact) mass is 186 g/mol. The van der Waals surface area contributed by atoms with E-state index < -0.39 is 0 Å². The third-order valence-electron chi connectivity index (χ3n) is 2.26. The highest BCUT2D eigenvalue weighted by atomic mass is 16.5. The molecule has 1 nitrogen and oxygen atoms in total. The first-order valence-electron chi connectivity index (χ1n) is 4.90. The average Bonchev–Trinajstić information content (AvgIpc) is 2.19. The largest absolute Gasteiger partial charge is 0.486 e. The standard InChI is InChI=1S/C13H14O/c1-11-6-5-9-13(10-11)14-12-7-3-2-4-8-12/h2-9,13H,10H2,1H3. The lowest BCUT2D eigenvalue weighted by Gasteiger charge is -2.18. The Morgan fingerprint density at radius 3 is 2.71 bits per heavy atom. The van der Waals surface area contributed by atoms with Crippen molar-refractivity contribution in [2.45, 2.75) is 19.4 Å². The molecule has 0 saturated heterocycles. The number of allylic oxidation sites excluding steroid dienone is 2. The van der Waals surface area contributed by atoms with E-state index in [-0.39, 0.29) is 6.10 Å². The lowest BCUT2D eigenvalue weighted by molar-refractivity contribution is 0.248. The first kappa shape index (κ1) is 9.07. The van der Waals surface area contributed by atoms with Gasteiger partial charge in [-0.05, 0) is 25.1 Å². The quantitative estimate of drug-likeness (QED) is 0.688.